The van der Waals surface area contributed by atoms with Gasteiger partial charge in [-0.05, 0) is 25.0 Å². The van der Waals surface area contributed by atoms with E-state index in [2.05, 4.69) is 0 Å². The van der Waals surface area contributed by atoms with Crippen molar-refractivity contribution < 1.29 is 34.2 Å². The summed E-state index contributed by atoms with van der Waals surface area (Å²) >= 11 is 0. The topological polar surface area (TPSA) is 83.5 Å². The molecule has 1 aromatic carbocycles. The van der Waals surface area contributed by atoms with E-state index in [1.165, 1.54) is 0 Å². The Morgan fingerprint density at radius 3 is 1.96 bits per heavy atom. The number of benzene rings is 1. The summed E-state index contributed by atoms with van der Waals surface area (Å²) < 4.78 is 4.81. The molecule has 0 fully saturated rings. The van der Waals surface area contributed by atoms with E-state index in [9.17, 15) is 4.79 Å². The highest BCUT2D eigenvalue weighted by molar-refractivity contribution is 5.57. The molecule has 1 aromatic rings. The summed E-state index contributed by atoms with van der Waals surface area (Å²) in [4.78, 5) is 31.5. The van der Waals surface area contributed by atoms with Gasteiger partial charge in [0.1, 0.15) is 0 Å². The molecular weight excluding hydrogens is 304 g/mol. The van der Waals surface area contributed by atoms with Crippen molar-refractivity contribution in [3.63, 3.8) is 0 Å². The number of ether oxygens (including phenoxy) is 1. The first-order chi connectivity index (χ1) is 11.1. The highest BCUT2D eigenvalue weighted by atomic mass is 17.3. The first kappa shape index (κ1) is 19.4. The molecule has 130 valence electrons. The van der Waals surface area contributed by atoms with Gasteiger partial charge in [0.25, 0.3) is 0 Å². The van der Waals surface area contributed by atoms with Gasteiger partial charge < -0.3 is 9.84 Å². The number of rotatable bonds is 12. The summed E-state index contributed by atoms with van der Waals surface area (Å²) in [6.07, 6.45) is 1.71. The normalized spacial score (nSPS) is 11.4. The van der Waals surface area contributed by atoms with Gasteiger partial charge >= 0.3 is 12.1 Å². The van der Waals surface area contributed by atoms with Crippen molar-refractivity contribution in [2.45, 2.75) is 45.5 Å². The monoisotopic (exact) mass is 328 g/mol. The Hall–Kier alpha value is -1.67. The van der Waals surface area contributed by atoms with Crippen LogP contribution in [-0.4, -0.2) is 24.5 Å². The van der Waals surface area contributed by atoms with Crippen molar-refractivity contribution in [3.8, 4) is 0 Å². The van der Waals surface area contributed by atoms with Gasteiger partial charge in [-0.15, -0.1) is 0 Å². The van der Waals surface area contributed by atoms with E-state index in [4.69, 9.17) is 29.4 Å². The summed E-state index contributed by atoms with van der Waals surface area (Å²) in [5.74, 6) is -2.13. The van der Waals surface area contributed by atoms with Crippen molar-refractivity contribution in [3.05, 3.63) is 35.9 Å². The average molecular weight is 328 g/mol. The fraction of sp³-hybridized carbons (Fsp3) is 0.562. The lowest BCUT2D eigenvalue weighted by Crippen LogP contribution is -2.38. The van der Waals surface area contributed by atoms with Crippen LogP contribution in [0, 0.1) is 0 Å². The molecule has 0 saturated heterocycles. The number of carbonyl (C=O) groups is 1. The molecular formula is C16H24O7. The molecule has 23 heavy (non-hydrogen) atoms. The molecule has 0 aliphatic rings. The molecule has 0 amide bonds. The Balaban J connectivity index is 2.89. The van der Waals surface area contributed by atoms with E-state index in [0.717, 1.165) is 25.7 Å². The maximum atomic E-state index is 11.1. The first-order valence-corrected chi connectivity index (χ1v) is 7.73. The van der Waals surface area contributed by atoms with Crippen LogP contribution in [0.15, 0.2) is 30.3 Å². The molecule has 7 nitrogen and oxygen atoms in total. The second-order valence-electron chi connectivity index (χ2n) is 4.81. The minimum absolute atomic E-state index is 0.270. The van der Waals surface area contributed by atoms with E-state index in [1.807, 2.05) is 13.8 Å². The van der Waals surface area contributed by atoms with Crippen LogP contribution in [-0.2, 0) is 30.3 Å². The lowest BCUT2D eigenvalue weighted by Gasteiger charge is -2.28. The predicted octanol–water partition coefficient (Wildman–Crippen LogP) is 3.99. The van der Waals surface area contributed by atoms with Crippen LogP contribution in [0.25, 0.3) is 0 Å². The molecule has 0 atom stereocenters. The Kier molecular flexibility index (Phi) is 9.23. The minimum atomic E-state index is -2.13. The lowest BCUT2D eigenvalue weighted by molar-refractivity contribution is -0.579. The molecule has 7 heteroatoms. The fourth-order valence-corrected chi connectivity index (χ4v) is 1.61. The maximum Gasteiger partial charge on any atom is 0.510 e. The molecule has 0 aliphatic carbocycles. The van der Waals surface area contributed by atoms with Gasteiger partial charge in [-0.3, -0.25) is 0 Å². The molecule has 0 saturated carbocycles. The molecule has 0 heterocycles. The highest BCUT2D eigenvalue weighted by Gasteiger charge is 2.43. The molecule has 0 aromatic heterocycles. The van der Waals surface area contributed by atoms with E-state index in [0.29, 0.717) is 5.56 Å². The SMILES string of the molecule is CCCCOOC(OOCCCC)(OC(=O)O)c1ccccc1. The summed E-state index contributed by atoms with van der Waals surface area (Å²) in [5.41, 5.74) is 0.301. The van der Waals surface area contributed by atoms with Crippen molar-refractivity contribution in [1.29, 1.82) is 0 Å². The Labute approximate surface area is 135 Å². The van der Waals surface area contributed by atoms with Gasteiger partial charge in [0.05, 0.1) is 18.8 Å². The van der Waals surface area contributed by atoms with E-state index >= 15 is 0 Å². The molecule has 0 aliphatic heterocycles. The average Bonchev–Trinajstić information content (AvgIpc) is 2.55. The van der Waals surface area contributed by atoms with Crippen LogP contribution in [0.3, 0.4) is 0 Å². The van der Waals surface area contributed by atoms with E-state index < -0.39 is 12.1 Å². The third-order valence-corrected chi connectivity index (χ3v) is 2.85. The van der Waals surface area contributed by atoms with Crippen molar-refractivity contribution >= 4 is 6.16 Å². The summed E-state index contributed by atoms with van der Waals surface area (Å²) in [5, 5.41) is 9.02. The van der Waals surface area contributed by atoms with Crippen LogP contribution >= 0.6 is 0 Å². The molecule has 0 bridgehead atoms. The number of unbranched alkanes of at least 4 members (excludes halogenated alkanes) is 2. The van der Waals surface area contributed by atoms with Crippen LogP contribution in [0.2, 0.25) is 0 Å². The Bertz CT molecular complexity index is 423. The van der Waals surface area contributed by atoms with Crippen molar-refractivity contribution in [1.82, 2.24) is 0 Å². The molecule has 1 N–H and O–H groups in total. The van der Waals surface area contributed by atoms with Gasteiger partial charge in [0.2, 0.25) is 0 Å². The van der Waals surface area contributed by atoms with Crippen LogP contribution in [0.4, 0.5) is 4.79 Å². The molecule has 1 rings (SSSR count). The second-order valence-corrected chi connectivity index (χ2v) is 4.81. The van der Waals surface area contributed by atoms with E-state index in [1.54, 1.807) is 30.3 Å². The summed E-state index contributed by atoms with van der Waals surface area (Å²) in [7, 11) is 0. The van der Waals surface area contributed by atoms with Crippen LogP contribution in [0.1, 0.15) is 45.1 Å². The summed E-state index contributed by atoms with van der Waals surface area (Å²) in [6.45, 7) is 4.52. The lowest BCUT2D eigenvalue weighted by atomic mass is 10.2. The second kappa shape index (κ2) is 11.0. The quantitative estimate of drug-likeness (QED) is 0.204. The zero-order valence-electron chi connectivity index (χ0n) is 13.5. The third kappa shape index (κ3) is 6.96. The van der Waals surface area contributed by atoms with E-state index in [-0.39, 0.29) is 13.2 Å². The maximum absolute atomic E-state index is 11.1. The van der Waals surface area contributed by atoms with Crippen LogP contribution in [0.5, 0.6) is 0 Å². The Morgan fingerprint density at radius 2 is 1.52 bits per heavy atom. The smallest absolute Gasteiger partial charge is 0.450 e. The van der Waals surface area contributed by atoms with Gasteiger partial charge in [0, 0.05) is 0 Å². The molecule has 0 spiro atoms. The molecule has 0 radical (unpaired) electrons. The molecule has 0 unspecified atom stereocenters. The number of hydrogen-bond donors (Lipinski definition) is 1. The standard InChI is InChI=1S/C16H24O7/c1-3-5-12-19-22-16(21-15(17)18,23-20-13-6-4-2)14-10-8-7-9-11-14/h7-11H,3-6,12-13H2,1-2H3,(H,17,18). The number of hydrogen-bond acceptors (Lipinski definition) is 6. The van der Waals surface area contributed by atoms with Crippen molar-refractivity contribution in [2.75, 3.05) is 13.2 Å². The Morgan fingerprint density at radius 1 is 1.00 bits per heavy atom. The van der Waals surface area contributed by atoms with Crippen LogP contribution < -0.4 is 0 Å². The first-order valence-electron chi connectivity index (χ1n) is 7.73. The van der Waals surface area contributed by atoms with Gasteiger partial charge in [0.15, 0.2) is 0 Å². The third-order valence-electron chi connectivity index (χ3n) is 2.85. The fourth-order valence-electron chi connectivity index (χ4n) is 1.61. The summed E-state index contributed by atoms with van der Waals surface area (Å²) in [6, 6.07) is 8.34. The van der Waals surface area contributed by atoms with Crippen molar-refractivity contribution in [2.24, 2.45) is 0 Å². The number of carboxylic acid groups (broad SMARTS) is 1. The van der Waals surface area contributed by atoms with Gasteiger partial charge in [-0.1, -0.05) is 44.9 Å². The van der Waals surface area contributed by atoms with Gasteiger partial charge in [-0.2, -0.15) is 9.78 Å². The predicted molar refractivity (Wildman–Crippen MR) is 81.1 cm³/mol. The van der Waals surface area contributed by atoms with Gasteiger partial charge in [-0.25, -0.2) is 14.6 Å². The highest BCUT2D eigenvalue weighted by Crippen LogP contribution is 2.30. The largest absolute Gasteiger partial charge is 0.510 e. The minimum Gasteiger partial charge on any atom is -0.450 e. The zero-order chi connectivity index (χ0) is 17.0. The zero-order valence-corrected chi connectivity index (χ0v) is 13.5.